The quantitative estimate of drug-likeness (QED) is 0.421. The summed E-state index contributed by atoms with van der Waals surface area (Å²) in [6.07, 6.45) is 5.66. The first kappa shape index (κ1) is 27.5. The maximum Gasteiger partial charge on any atom is 0.267 e. The number of hydrogen-bond acceptors (Lipinski definition) is 7. The highest BCUT2D eigenvalue weighted by Gasteiger charge is 2.46. The number of nitrogens with zero attached hydrogens (tertiary/aromatic N) is 4. The molecule has 1 fully saturated rings. The molecule has 3 aromatic rings. The summed E-state index contributed by atoms with van der Waals surface area (Å²) in [6.45, 7) is 2.02. The number of halogens is 2. The van der Waals surface area contributed by atoms with Crippen molar-refractivity contribution in [3.63, 3.8) is 0 Å². The Labute approximate surface area is 240 Å². The van der Waals surface area contributed by atoms with E-state index in [2.05, 4.69) is 15.4 Å². The van der Waals surface area contributed by atoms with Gasteiger partial charge in [-0.25, -0.2) is 13.8 Å². The molecule has 2 aliphatic heterocycles. The first-order valence-electron chi connectivity index (χ1n) is 13.9. The molecule has 4 N–H and O–H groups in total. The van der Waals surface area contributed by atoms with Gasteiger partial charge in [-0.1, -0.05) is 6.92 Å². The largest absolute Gasteiger partial charge is 0.393 e. The standard InChI is InChI=1S/C31H30F2N6O3/c1-17-26(28-29(34)35-16-36-39(28)27(17)18-4-11-22(40)12-5-18)23-13-8-20(15-25(23)33)37-30(41)24-3-2-14-38(31(24)42)21-9-6-19(32)7-10-21/h2-3,6-10,13-18,22,27,40H,4-5,11-12H2,1H3,(H,37,41)(H2,34,35,36)/t17?,18-,22-,27?. The van der Waals surface area contributed by atoms with E-state index in [0.29, 0.717) is 35.4 Å². The molecule has 2 aromatic carbocycles. The second-order valence-corrected chi connectivity index (χ2v) is 10.9. The number of aliphatic hydroxyl groups excluding tert-OH is 1. The molecule has 1 saturated carbocycles. The summed E-state index contributed by atoms with van der Waals surface area (Å²) in [5, 5.41) is 19.0. The van der Waals surface area contributed by atoms with Gasteiger partial charge in [-0.2, -0.15) is 5.10 Å². The number of aromatic nitrogens is 1. The number of hydrogen-bond donors (Lipinski definition) is 3. The topological polar surface area (TPSA) is 125 Å². The van der Waals surface area contributed by atoms with Crippen molar-refractivity contribution in [1.29, 1.82) is 0 Å². The van der Waals surface area contributed by atoms with Gasteiger partial charge in [-0.15, -0.1) is 0 Å². The zero-order valence-electron chi connectivity index (χ0n) is 22.9. The van der Waals surface area contributed by atoms with Crippen LogP contribution in [0.2, 0.25) is 0 Å². The van der Waals surface area contributed by atoms with Gasteiger partial charge in [0, 0.05) is 29.1 Å². The van der Waals surface area contributed by atoms with Crippen molar-refractivity contribution < 1.29 is 18.7 Å². The molecule has 6 rings (SSSR count). The minimum Gasteiger partial charge on any atom is -0.393 e. The van der Waals surface area contributed by atoms with Gasteiger partial charge in [0.1, 0.15) is 29.2 Å². The van der Waals surface area contributed by atoms with Crippen molar-refractivity contribution in [2.75, 3.05) is 5.32 Å². The maximum atomic E-state index is 15.8. The lowest BCUT2D eigenvalue weighted by atomic mass is 9.76. The molecule has 0 bridgehead atoms. The number of nitrogens with one attached hydrogen (secondary N) is 1. The number of rotatable bonds is 5. The highest BCUT2D eigenvalue weighted by molar-refractivity contribution is 6.08. The van der Waals surface area contributed by atoms with Crippen molar-refractivity contribution in [3.05, 3.63) is 99.6 Å². The first-order chi connectivity index (χ1) is 20.2. The normalized spacial score (nSPS) is 23.5. The van der Waals surface area contributed by atoms with E-state index in [0.717, 1.165) is 12.8 Å². The summed E-state index contributed by atoms with van der Waals surface area (Å²) in [5.41, 5.74) is 7.71. The molecule has 2 unspecified atom stereocenters. The fourth-order valence-electron chi connectivity index (χ4n) is 6.37. The summed E-state index contributed by atoms with van der Waals surface area (Å²) in [6, 6.07) is 12.5. The van der Waals surface area contributed by atoms with Gasteiger partial charge in [0.05, 0.1) is 12.1 Å². The highest BCUT2D eigenvalue weighted by Crippen LogP contribution is 2.47. The third-order valence-electron chi connectivity index (χ3n) is 8.39. The molecule has 0 saturated heterocycles. The van der Waals surface area contributed by atoms with Crippen molar-refractivity contribution in [1.82, 2.24) is 9.58 Å². The average Bonchev–Trinajstić information content (AvgIpc) is 3.27. The number of nitrogens with two attached hydrogens (primary N) is 1. The van der Waals surface area contributed by atoms with Crippen molar-refractivity contribution in [2.24, 2.45) is 27.7 Å². The van der Waals surface area contributed by atoms with Crippen LogP contribution in [0.4, 0.5) is 14.5 Å². The van der Waals surface area contributed by atoms with Crippen LogP contribution < -0.4 is 16.6 Å². The Bertz CT molecular complexity index is 1690. The molecule has 216 valence electrons. The Morgan fingerprint density at radius 1 is 1.07 bits per heavy atom. The number of aliphatic hydroxyl groups is 1. The summed E-state index contributed by atoms with van der Waals surface area (Å²) >= 11 is 0. The van der Waals surface area contributed by atoms with Crippen molar-refractivity contribution >= 4 is 29.3 Å². The minimum absolute atomic E-state index is 0.0621. The molecule has 0 spiro atoms. The van der Waals surface area contributed by atoms with E-state index in [-0.39, 0.29) is 41.1 Å². The molecule has 2 atom stereocenters. The molecule has 3 aliphatic rings. The Balaban J connectivity index is 1.27. The summed E-state index contributed by atoms with van der Waals surface area (Å²) in [5.74, 6) is -1.36. The second-order valence-electron chi connectivity index (χ2n) is 10.9. The number of benzene rings is 2. The van der Waals surface area contributed by atoms with Crippen LogP contribution in [0, 0.1) is 23.5 Å². The lowest BCUT2D eigenvalue weighted by Crippen LogP contribution is -2.42. The summed E-state index contributed by atoms with van der Waals surface area (Å²) < 4.78 is 30.4. The van der Waals surface area contributed by atoms with Crippen LogP contribution in [0.1, 0.15) is 48.5 Å². The molecule has 11 heteroatoms. The molecule has 3 heterocycles. The van der Waals surface area contributed by atoms with E-state index >= 15 is 4.39 Å². The van der Waals surface area contributed by atoms with Gasteiger partial charge in [0.25, 0.3) is 11.5 Å². The number of hydrazone groups is 1. The van der Waals surface area contributed by atoms with Crippen LogP contribution >= 0.6 is 0 Å². The lowest BCUT2D eigenvalue weighted by molar-refractivity contribution is 0.0723. The Hall–Kier alpha value is -4.64. The van der Waals surface area contributed by atoms with Crippen LogP contribution in [0.5, 0.6) is 0 Å². The van der Waals surface area contributed by atoms with Crippen LogP contribution in [-0.4, -0.2) is 44.9 Å². The van der Waals surface area contributed by atoms with E-state index in [9.17, 15) is 19.1 Å². The summed E-state index contributed by atoms with van der Waals surface area (Å²) in [7, 11) is 0. The fraction of sp³-hybridized carbons (Fsp3) is 0.290. The molecular formula is C31H30F2N6O3. The molecule has 42 heavy (non-hydrogen) atoms. The zero-order valence-corrected chi connectivity index (χ0v) is 22.9. The van der Waals surface area contributed by atoms with Crippen molar-refractivity contribution in [3.8, 4) is 5.69 Å². The Morgan fingerprint density at radius 2 is 1.81 bits per heavy atom. The van der Waals surface area contributed by atoms with Gasteiger partial charge in [-0.05, 0) is 91.8 Å². The monoisotopic (exact) mass is 572 g/mol. The maximum absolute atomic E-state index is 15.8. The first-order valence-corrected chi connectivity index (χ1v) is 13.9. The molecule has 1 amide bonds. The number of anilines is 1. The van der Waals surface area contributed by atoms with E-state index in [1.807, 2.05) is 11.9 Å². The number of carbonyl (C=O) groups excluding carboxylic acids is 1. The van der Waals surface area contributed by atoms with Gasteiger partial charge in [0.2, 0.25) is 0 Å². The van der Waals surface area contributed by atoms with Gasteiger partial charge in [-0.3, -0.25) is 19.2 Å². The fourth-order valence-corrected chi connectivity index (χ4v) is 6.37. The predicted octanol–water partition coefficient (Wildman–Crippen LogP) is 4.26. The third-order valence-corrected chi connectivity index (χ3v) is 8.39. The molecule has 9 nitrogen and oxygen atoms in total. The SMILES string of the molecule is CC1C(c2ccc(NC(=O)c3cccn(-c4ccc(F)cc4)c3=O)cc2F)=C2C(N)=NC=NN2C1[C@H]1CC[C@H](O)CC1. The average molecular weight is 573 g/mol. The molecule has 0 radical (unpaired) electrons. The number of pyridine rings is 1. The van der Waals surface area contributed by atoms with Crippen LogP contribution in [0.3, 0.4) is 0 Å². The number of aliphatic imine (C=N–C) groups is 1. The van der Waals surface area contributed by atoms with E-state index in [4.69, 9.17) is 5.73 Å². The summed E-state index contributed by atoms with van der Waals surface area (Å²) in [4.78, 5) is 30.3. The number of amides is 1. The third kappa shape index (κ3) is 4.89. The number of fused-ring (bicyclic) bond motifs is 1. The van der Waals surface area contributed by atoms with Crippen LogP contribution in [0.15, 0.2) is 81.4 Å². The van der Waals surface area contributed by atoms with Gasteiger partial charge >= 0.3 is 0 Å². The minimum atomic E-state index is -0.705. The lowest BCUT2D eigenvalue weighted by Gasteiger charge is -2.37. The van der Waals surface area contributed by atoms with E-state index < -0.39 is 23.1 Å². The highest BCUT2D eigenvalue weighted by atomic mass is 19.1. The van der Waals surface area contributed by atoms with E-state index in [1.165, 1.54) is 59.6 Å². The van der Waals surface area contributed by atoms with Gasteiger partial charge in [0.15, 0.2) is 5.84 Å². The number of carbonyl (C=O) groups is 1. The smallest absolute Gasteiger partial charge is 0.267 e. The second kappa shape index (κ2) is 11.0. The Morgan fingerprint density at radius 3 is 2.52 bits per heavy atom. The van der Waals surface area contributed by atoms with E-state index in [1.54, 1.807) is 12.1 Å². The van der Waals surface area contributed by atoms with Gasteiger partial charge < -0.3 is 16.2 Å². The van der Waals surface area contributed by atoms with Crippen LogP contribution in [0.25, 0.3) is 11.3 Å². The molecule has 1 aliphatic carbocycles. The van der Waals surface area contributed by atoms with Crippen LogP contribution in [-0.2, 0) is 0 Å². The van der Waals surface area contributed by atoms with Crippen molar-refractivity contribution in [2.45, 2.75) is 44.8 Å². The number of amidine groups is 1. The molecular weight excluding hydrogens is 542 g/mol. The predicted molar refractivity (Wildman–Crippen MR) is 156 cm³/mol. The zero-order chi connectivity index (χ0) is 29.5. The molecule has 1 aromatic heterocycles. The Kier molecular flexibility index (Phi) is 7.19.